The van der Waals surface area contributed by atoms with Gasteiger partial charge in [0.15, 0.2) is 5.96 Å². The summed E-state index contributed by atoms with van der Waals surface area (Å²) >= 11 is 0. The summed E-state index contributed by atoms with van der Waals surface area (Å²) in [4.78, 5) is 19.1. The second kappa shape index (κ2) is 11.3. The molecule has 1 aliphatic carbocycles. The third-order valence-corrected chi connectivity index (χ3v) is 5.18. The molecule has 1 saturated carbocycles. The van der Waals surface area contributed by atoms with Crippen molar-refractivity contribution in [2.24, 2.45) is 4.99 Å². The number of likely N-dealkylation sites (N-methyl/N-ethyl adjacent to an activating group) is 1. The van der Waals surface area contributed by atoms with E-state index >= 15 is 0 Å². The van der Waals surface area contributed by atoms with Crippen LogP contribution in [0.2, 0.25) is 0 Å². The second-order valence-corrected chi connectivity index (χ2v) is 7.18. The highest BCUT2D eigenvalue weighted by Gasteiger charge is 2.31. The molecule has 158 valence electrons. The average Bonchev–Trinajstić information content (AvgIpc) is 3.11. The zero-order chi connectivity index (χ0) is 19.2. The highest BCUT2D eigenvalue weighted by atomic mass is 127. The quantitative estimate of drug-likeness (QED) is 0.342. The van der Waals surface area contributed by atoms with E-state index < -0.39 is 18.6 Å². The summed E-state index contributed by atoms with van der Waals surface area (Å²) < 4.78 is 37.0. The Morgan fingerprint density at radius 1 is 1.19 bits per heavy atom. The minimum Gasteiger partial charge on any atom is -0.354 e. The van der Waals surface area contributed by atoms with Gasteiger partial charge in [-0.2, -0.15) is 13.2 Å². The number of alkyl halides is 3. The van der Waals surface area contributed by atoms with Gasteiger partial charge in [0.25, 0.3) is 0 Å². The smallest absolute Gasteiger partial charge is 0.354 e. The number of rotatable bonds is 5. The van der Waals surface area contributed by atoms with Crippen LogP contribution >= 0.6 is 24.0 Å². The first kappa shape index (κ1) is 24.3. The molecule has 0 bridgehead atoms. The number of halogens is 4. The number of hydrogen-bond acceptors (Lipinski definition) is 3. The van der Waals surface area contributed by atoms with Gasteiger partial charge in [0.2, 0.25) is 5.91 Å². The average molecular weight is 505 g/mol. The van der Waals surface area contributed by atoms with E-state index in [4.69, 9.17) is 0 Å². The SMILES string of the molecule is CN=C(NCC(=O)N(C)CC(F)(F)F)NC1CCN(C2CCCC2)CC1.I. The summed E-state index contributed by atoms with van der Waals surface area (Å²) in [5.41, 5.74) is 0. The van der Waals surface area contributed by atoms with Crippen molar-refractivity contribution in [3.05, 3.63) is 0 Å². The molecule has 6 nitrogen and oxygen atoms in total. The van der Waals surface area contributed by atoms with E-state index in [0.29, 0.717) is 10.9 Å². The van der Waals surface area contributed by atoms with Crippen LogP contribution in [-0.2, 0) is 4.79 Å². The van der Waals surface area contributed by atoms with Crippen LogP contribution in [0.15, 0.2) is 4.99 Å². The molecule has 0 aromatic heterocycles. The van der Waals surface area contributed by atoms with Crippen LogP contribution in [0.25, 0.3) is 0 Å². The van der Waals surface area contributed by atoms with Gasteiger partial charge in [0.1, 0.15) is 6.54 Å². The fraction of sp³-hybridized carbons (Fsp3) is 0.882. The van der Waals surface area contributed by atoms with Gasteiger partial charge in [-0.1, -0.05) is 12.8 Å². The molecule has 0 aromatic carbocycles. The van der Waals surface area contributed by atoms with Crippen LogP contribution in [0.3, 0.4) is 0 Å². The van der Waals surface area contributed by atoms with Gasteiger partial charge in [-0.15, -0.1) is 24.0 Å². The van der Waals surface area contributed by atoms with Crippen molar-refractivity contribution >= 4 is 35.8 Å². The van der Waals surface area contributed by atoms with E-state index in [9.17, 15) is 18.0 Å². The second-order valence-electron chi connectivity index (χ2n) is 7.18. The number of piperidine rings is 1. The van der Waals surface area contributed by atoms with Crippen LogP contribution in [0.5, 0.6) is 0 Å². The van der Waals surface area contributed by atoms with Crippen molar-refractivity contribution in [2.45, 2.75) is 56.8 Å². The zero-order valence-corrected chi connectivity index (χ0v) is 18.3. The topological polar surface area (TPSA) is 60.0 Å². The summed E-state index contributed by atoms with van der Waals surface area (Å²) in [6, 6.07) is 0.997. The predicted octanol–water partition coefficient (Wildman–Crippen LogP) is 2.20. The zero-order valence-electron chi connectivity index (χ0n) is 16.0. The summed E-state index contributed by atoms with van der Waals surface area (Å²) in [6.07, 6.45) is 2.87. The van der Waals surface area contributed by atoms with Crippen molar-refractivity contribution in [2.75, 3.05) is 40.3 Å². The lowest BCUT2D eigenvalue weighted by atomic mass is 10.0. The van der Waals surface area contributed by atoms with Crippen molar-refractivity contribution < 1.29 is 18.0 Å². The maximum Gasteiger partial charge on any atom is 0.406 e. The lowest BCUT2D eigenvalue weighted by Gasteiger charge is -2.36. The fourth-order valence-corrected chi connectivity index (χ4v) is 3.72. The molecule has 1 heterocycles. The van der Waals surface area contributed by atoms with Crippen LogP contribution in [0.1, 0.15) is 38.5 Å². The minimum absolute atomic E-state index is 0. The number of nitrogens with zero attached hydrogens (tertiary/aromatic N) is 3. The maximum atomic E-state index is 12.3. The molecule has 27 heavy (non-hydrogen) atoms. The molecule has 0 atom stereocenters. The van der Waals surface area contributed by atoms with Crippen molar-refractivity contribution in [3.63, 3.8) is 0 Å². The van der Waals surface area contributed by atoms with Crippen LogP contribution < -0.4 is 10.6 Å². The van der Waals surface area contributed by atoms with E-state index in [0.717, 1.165) is 39.0 Å². The molecule has 10 heteroatoms. The molecule has 2 N–H and O–H groups in total. The summed E-state index contributed by atoms with van der Waals surface area (Å²) in [5.74, 6) is -0.167. The molecule has 1 amide bonds. The fourth-order valence-electron chi connectivity index (χ4n) is 3.72. The summed E-state index contributed by atoms with van der Waals surface area (Å²) in [6.45, 7) is 0.630. The minimum atomic E-state index is -4.39. The van der Waals surface area contributed by atoms with Gasteiger partial charge >= 0.3 is 6.18 Å². The third-order valence-electron chi connectivity index (χ3n) is 5.18. The Morgan fingerprint density at radius 2 is 1.78 bits per heavy atom. The van der Waals surface area contributed by atoms with E-state index in [-0.39, 0.29) is 36.6 Å². The Hall–Kier alpha value is -0.780. The molecule has 2 aliphatic rings. The number of likely N-dealkylation sites (tertiary alicyclic amines) is 1. The number of nitrogens with one attached hydrogen (secondary N) is 2. The number of guanidine groups is 1. The molecule has 0 unspecified atom stereocenters. The Kier molecular flexibility index (Phi) is 10.1. The van der Waals surface area contributed by atoms with Gasteiger partial charge in [0, 0.05) is 39.3 Å². The predicted molar refractivity (Wildman–Crippen MR) is 110 cm³/mol. The Morgan fingerprint density at radius 3 is 2.30 bits per heavy atom. The monoisotopic (exact) mass is 505 g/mol. The largest absolute Gasteiger partial charge is 0.406 e. The van der Waals surface area contributed by atoms with Gasteiger partial charge < -0.3 is 20.4 Å². The Bertz CT molecular complexity index is 489. The first-order valence-corrected chi connectivity index (χ1v) is 9.30. The van der Waals surface area contributed by atoms with Crippen molar-refractivity contribution in [1.82, 2.24) is 20.4 Å². The summed E-state index contributed by atoms with van der Waals surface area (Å²) in [7, 11) is 2.74. The number of aliphatic imine (C=N–C) groups is 1. The van der Waals surface area contributed by atoms with E-state index in [1.807, 2.05) is 0 Å². The normalized spacial score (nSPS) is 20.3. The number of carbonyl (C=O) groups excluding carboxylic acids is 1. The number of hydrogen-bond donors (Lipinski definition) is 2. The molecule has 0 aromatic rings. The first-order chi connectivity index (χ1) is 12.3. The van der Waals surface area contributed by atoms with Gasteiger partial charge in [-0.25, -0.2) is 0 Å². The van der Waals surface area contributed by atoms with Crippen LogP contribution in [0, 0.1) is 0 Å². The van der Waals surface area contributed by atoms with E-state index in [2.05, 4.69) is 20.5 Å². The molecule has 0 radical (unpaired) electrons. The molecule has 1 saturated heterocycles. The lowest BCUT2D eigenvalue weighted by molar-refractivity contribution is -0.157. The standard InChI is InChI=1S/C17H30F3N5O.HI/c1-21-16(22-11-15(26)24(2)12-17(18,19)20)23-13-7-9-25(10-8-13)14-5-3-4-6-14;/h13-14H,3-12H2,1-2H3,(H2,21,22,23);1H. The maximum absolute atomic E-state index is 12.3. The highest BCUT2D eigenvalue weighted by molar-refractivity contribution is 14.0. The molecule has 0 spiro atoms. The molecule has 2 rings (SSSR count). The number of carbonyl (C=O) groups is 1. The Labute approximate surface area is 176 Å². The number of amides is 1. The van der Waals surface area contributed by atoms with Gasteiger partial charge in [-0.3, -0.25) is 9.79 Å². The van der Waals surface area contributed by atoms with Gasteiger partial charge in [0.05, 0.1) is 6.54 Å². The highest BCUT2D eigenvalue weighted by Crippen LogP contribution is 2.26. The van der Waals surface area contributed by atoms with Gasteiger partial charge in [-0.05, 0) is 25.7 Å². The molecule has 1 aliphatic heterocycles. The first-order valence-electron chi connectivity index (χ1n) is 9.30. The summed E-state index contributed by atoms with van der Waals surface area (Å²) in [5, 5.41) is 6.09. The van der Waals surface area contributed by atoms with Crippen molar-refractivity contribution in [3.8, 4) is 0 Å². The lowest BCUT2D eigenvalue weighted by Crippen LogP contribution is -2.51. The van der Waals surface area contributed by atoms with E-state index in [1.54, 1.807) is 7.05 Å². The van der Waals surface area contributed by atoms with Crippen LogP contribution in [0.4, 0.5) is 13.2 Å². The third kappa shape index (κ3) is 8.41. The van der Waals surface area contributed by atoms with Crippen molar-refractivity contribution in [1.29, 1.82) is 0 Å². The van der Waals surface area contributed by atoms with E-state index in [1.165, 1.54) is 25.7 Å². The molecular weight excluding hydrogens is 474 g/mol. The van der Waals surface area contributed by atoms with Crippen LogP contribution in [-0.4, -0.2) is 80.2 Å². The molecule has 2 fully saturated rings. The Balaban J connectivity index is 0.00000364. The molecular formula is C17H31F3IN5O.